The summed E-state index contributed by atoms with van der Waals surface area (Å²) in [5.41, 5.74) is 7.14. The number of halogens is 2. The van der Waals surface area contributed by atoms with Crippen molar-refractivity contribution in [2.45, 2.75) is 37.8 Å². The third-order valence-electron chi connectivity index (χ3n) is 3.52. The smallest absolute Gasteiger partial charge is 0.0760 e. The van der Waals surface area contributed by atoms with Crippen molar-refractivity contribution in [1.29, 1.82) is 0 Å². The van der Waals surface area contributed by atoms with Crippen molar-refractivity contribution < 1.29 is 5.11 Å². The summed E-state index contributed by atoms with van der Waals surface area (Å²) in [6.45, 7) is 0. The van der Waals surface area contributed by atoms with Crippen LogP contribution >= 0.6 is 31.9 Å². The average molecular weight is 363 g/mol. The Kier molecular flexibility index (Phi) is 4.64. The molecule has 2 atom stereocenters. The summed E-state index contributed by atoms with van der Waals surface area (Å²) in [5.74, 6) is 0.364. The van der Waals surface area contributed by atoms with Gasteiger partial charge in [-0.15, -0.1) is 0 Å². The van der Waals surface area contributed by atoms with Crippen LogP contribution in [0.1, 0.15) is 37.3 Å². The average Bonchev–Trinajstić information content (AvgIpc) is 2.79. The Bertz CT molecular complexity index is 371. The number of benzene rings is 1. The molecule has 0 amide bonds. The molecule has 0 aromatic heterocycles. The van der Waals surface area contributed by atoms with E-state index in [-0.39, 0.29) is 6.04 Å². The second kappa shape index (κ2) is 5.83. The first-order chi connectivity index (χ1) is 8.08. The van der Waals surface area contributed by atoms with Gasteiger partial charge in [0, 0.05) is 8.95 Å². The van der Waals surface area contributed by atoms with Crippen molar-refractivity contribution in [1.82, 2.24) is 0 Å². The lowest BCUT2D eigenvalue weighted by Gasteiger charge is -2.25. The first kappa shape index (κ1) is 13.5. The summed E-state index contributed by atoms with van der Waals surface area (Å²) in [4.78, 5) is 0. The maximum absolute atomic E-state index is 10.3. The molecule has 1 aliphatic rings. The van der Waals surface area contributed by atoms with E-state index in [0.717, 1.165) is 27.4 Å². The van der Waals surface area contributed by atoms with Gasteiger partial charge in [-0.05, 0) is 42.5 Å². The Morgan fingerprint density at radius 3 is 2.18 bits per heavy atom. The molecule has 0 saturated heterocycles. The van der Waals surface area contributed by atoms with Crippen LogP contribution in [-0.2, 0) is 0 Å². The Hall–Kier alpha value is 0.1000. The van der Waals surface area contributed by atoms with Gasteiger partial charge in [0.15, 0.2) is 0 Å². The second-order valence-corrected chi connectivity index (χ2v) is 6.60. The molecule has 1 aromatic rings. The lowest BCUT2D eigenvalue weighted by atomic mass is 9.91. The van der Waals surface area contributed by atoms with Crippen LogP contribution in [0.4, 0.5) is 0 Å². The van der Waals surface area contributed by atoms with Gasteiger partial charge in [-0.25, -0.2) is 0 Å². The molecule has 17 heavy (non-hydrogen) atoms. The highest BCUT2D eigenvalue weighted by Gasteiger charge is 2.28. The number of nitrogens with two attached hydrogens (primary N) is 1. The van der Waals surface area contributed by atoms with Crippen molar-refractivity contribution in [2.75, 3.05) is 0 Å². The van der Waals surface area contributed by atoms with Crippen molar-refractivity contribution in [2.24, 2.45) is 11.7 Å². The van der Waals surface area contributed by atoms with Crippen LogP contribution in [-0.4, -0.2) is 11.2 Å². The minimum atomic E-state index is -0.432. The summed E-state index contributed by atoms with van der Waals surface area (Å²) in [6, 6.07) is 5.63. The topological polar surface area (TPSA) is 46.2 Å². The van der Waals surface area contributed by atoms with Gasteiger partial charge in [0.25, 0.3) is 0 Å². The van der Waals surface area contributed by atoms with E-state index in [1.54, 1.807) is 0 Å². The molecule has 2 rings (SSSR count). The molecule has 2 nitrogen and oxygen atoms in total. The molecule has 0 radical (unpaired) electrons. The number of hydrogen-bond acceptors (Lipinski definition) is 2. The van der Waals surface area contributed by atoms with E-state index in [9.17, 15) is 5.11 Å². The predicted octanol–water partition coefficient (Wildman–Crippen LogP) is 3.76. The van der Waals surface area contributed by atoms with E-state index in [2.05, 4.69) is 31.9 Å². The molecule has 0 bridgehead atoms. The molecular formula is C13H17Br2NO. The molecule has 0 aliphatic heterocycles. The fraction of sp³-hybridized carbons (Fsp3) is 0.538. The molecule has 3 N–H and O–H groups in total. The van der Waals surface area contributed by atoms with Crippen molar-refractivity contribution in [3.05, 3.63) is 32.7 Å². The van der Waals surface area contributed by atoms with Crippen LogP contribution in [0, 0.1) is 5.92 Å². The van der Waals surface area contributed by atoms with E-state index in [0.29, 0.717) is 5.92 Å². The number of hydrogen-bond donors (Lipinski definition) is 2. The van der Waals surface area contributed by atoms with Crippen molar-refractivity contribution in [3.8, 4) is 0 Å². The molecule has 0 heterocycles. The maximum atomic E-state index is 10.3. The number of aliphatic hydroxyl groups excluding tert-OH is 1. The fourth-order valence-corrected chi connectivity index (χ4v) is 3.89. The molecule has 1 fully saturated rings. The Balaban J connectivity index is 2.14. The highest BCUT2D eigenvalue weighted by atomic mass is 79.9. The molecule has 1 aliphatic carbocycles. The van der Waals surface area contributed by atoms with E-state index < -0.39 is 6.10 Å². The quantitative estimate of drug-likeness (QED) is 0.859. The van der Waals surface area contributed by atoms with Crippen LogP contribution < -0.4 is 5.73 Å². The SMILES string of the molecule is N[C@H](c1cc(Br)cc(Br)c1)[C@@H](O)C1CCCC1. The predicted molar refractivity (Wildman–Crippen MR) is 76.7 cm³/mol. The zero-order chi connectivity index (χ0) is 12.4. The third-order valence-corrected chi connectivity index (χ3v) is 4.44. The second-order valence-electron chi connectivity index (χ2n) is 4.76. The summed E-state index contributed by atoms with van der Waals surface area (Å²) in [5, 5.41) is 10.3. The lowest BCUT2D eigenvalue weighted by molar-refractivity contribution is 0.0844. The Morgan fingerprint density at radius 1 is 1.12 bits per heavy atom. The lowest BCUT2D eigenvalue weighted by Crippen LogP contribution is -2.31. The van der Waals surface area contributed by atoms with Gasteiger partial charge in [0.2, 0.25) is 0 Å². The zero-order valence-corrected chi connectivity index (χ0v) is 12.7. The minimum absolute atomic E-state index is 0.299. The van der Waals surface area contributed by atoms with Gasteiger partial charge in [-0.3, -0.25) is 0 Å². The van der Waals surface area contributed by atoms with Gasteiger partial charge in [-0.1, -0.05) is 44.7 Å². The normalized spacial score (nSPS) is 20.5. The standard InChI is InChI=1S/C13H17Br2NO/c14-10-5-9(6-11(15)7-10)12(16)13(17)8-3-1-2-4-8/h5-8,12-13,17H,1-4,16H2/t12-,13+/m1/s1. The van der Waals surface area contributed by atoms with Gasteiger partial charge in [0.1, 0.15) is 0 Å². The number of rotatable bonds is 3. The van der Waals surface area contributed by atoms with E-state index in [1.807, 2.05) is 18.2 Å². The largest absolute Gasteiger partial charge is 0.391 e. The highest BCUT2D eigenvalue weighted by Crippen LogP contribution is 2.33. The fourth-order valence-electron chi connectivity index (χ4n) is 2.56. The molecule has 0 spiro atoms. The van der Waals surface area contributed by atoms with Crippen LogP contribution in [0.15, 0.2) is 27.1 Å². The van der Waals surface area contributed by atoms with Gasteiger partial charge in [-0.2, -0.15) is 0 Å². The summed E-state index contributed by atoms with van der Waals surface area (Å²) in [6.07, 6.45) is 4.21. The van der Waals surface area contributed by atoms with Gasteiger partial charge in [0.05, 0.1) is 12.1 Å². The van der Waals surface area contributed by atoms with Gasteiger partial charge < -0.3 is 10.8 Å². The van der Waals surface area contributed by atoms with E-state index in [4.69, 9.17) is 5.73 Å². The van der Waals surface area contributed by atoms with E-state index >= 15 is 0 Å². The maximum Gasteiger partial charge on any atom is 0.0760 e. The van der Waals surface area contributed by atoms with Crippen LogP contribution in [0.25, 0.3) is 0 Å². The van der Waals surface area contributed by atoms with Crippen LogP contribution in [0.2, 0.25) is 0 Å². The third kappa shape index (κ3) is 3.31. The highest BCUT2D eigenvalue weighted by molar-refractivity contribution is 9.11. The molecular weight excluding hydrogens is 346 g/mol. The first-order valence-electron chi connectivity index (χ1n) is 5.97. The van der Waals surface area contributed by atoms with Crippen LogP contribution in [0.3, 0.4) is 0 Å². The first-order valence-corrected chi connectivity index (χ1v) is 7.56. The molecule has 1 saturated carbocycles. The molecule has 94 valence electrons. The summed E-state index contributed by atoms with van der Waals surface area (Å²) < 4.78 is 1.96. The molecule has 1 aromatic carbocycles. The molecule has 4 heteroatoms. The summed E-state index contributed by atoms with van der Waals surface area (Å²) >= 11 is 6.89. The Morgan fingerprint density at radius 2 is 1.65 bits per heavy atom. The monoisotopic (exact) mass is 361 g/mol. The molecule has 0 unspecified atom stereocenters. The number of aliphatic hydroxyl groups is 1. The van der Waals surface area contributed by atoms with Gasteiger partial charge >= 0.3 is 0 Å². The summed E-state index contributed by atoms with van der Waals surface area (Å²) in [7, 11) is 0. The van der Waals surface area contributed by atoms with Crippen molar-refractivity contribution in [3.63, 3.8) is 0 Å². The van der Waals surface area contributed by atoms with E-state index in [1.165, 1.54) is 12.8 Å². The van der Waals surface area contributed by atoms with Crippen molar-refractivity contribution >= 4 is 31.9 Å². The Labute approximate surface area is 119 Å². The van der Waals surface area contributed by atoms with Crippen LogP contribution in [0.5, 0.6) is 0 Å². The minimum Gasteiger partial charge on any atom is -0.391 e. The zero-order valence-electron chi connectivity index (χ0n) is 9.57.